The lowest BCUT2D eigenvalue weighted by Crippen LogP contribution is -2.11. The molecule has 3 nitrogen and oxygen atoms in total. The van der Waals surface area contributed by atoms with E-state index in [2.05, 4.69) is 10.3 Å². The molecule has 1 aromatic heterocycles. The zero-order chi connectivity index (χ0) is 12.5. The van der Waals surface area contributed by atoms with Gasteiger partial charge < -0.3 is 11.1 Å². The molecular formula is C13H13N3S2. The molecule has 0 saturated carbocycles. The third kappa shape index (κ3) is 2.11. The van der Waals surface area contributed by atoms with Gasteiger partial charge in [0.1, 0.15) is 4.99 Å². The van der Waals surface area contributed by atoms with E-state index in [1.807, 2.05) is 24.3 Å². The molecule has 0 radical (unpaired) electrons. The van der Waals surface area contributed by atoms with Crippen LogP contribution in [-0.4, -0.2) is 9.97 Å². The Balaban J connectivity index is 1.90. The van der Waals surface area contributed by atoms with Crippen LogP contribution in [0.4, 0.5) is 10.8 Å². The minimum atomic E-state index is 0.405. The largest absolute Gasteiger partial charge is 0.389 e. The van der Waals surface area contributed by atoms with E-state index in [0.29, 0.717) is 4.99 Å². The number of fused-ring (bicyclic) bond motifs is 1. The van der Waals surface area contributed by atoms with E-state index < -0.39 is 0 Å². The fourth-order valence-corrected chi connectivity index (χ4v) is 3.41. The summed E-state index contributed by atoms with van der Waals surface area (Å²) in [5.74, 6) is 0. The Morgan fingerprint density at radius 3 is 2.94 bits per heavy atom. The summed E-state index contributed by atoms with van der Waals surface area (Å²) in [6.07, 6.45) is 3.49. The smallest absolute Gasteiger partial charge is 0.187 e. The summed E-state index contributed by atoms with van der Waals surface area (Å²) in [6, 6.07) is 7.79. The number of hydrogen-bond acceptors (Lipinski definition) is 4. The van der Waals surface area contributed by atoms with Crippen LogP contribution in [0.1, 0.15) is 22.6 Å². The van der Waals surface area contributed by atoms with Crippen LogP contribution in [0.3, 0.4) is 0 Å². The van der Waals surface area contributed by atoms with Gasteiger partial charge in [0, 0.05) is 10.4 Å². The van der Waals surface area contributed by atoms with Gasteiger partial charge >= 0.3 is 0 Å². The fraction of sp³-hybridized carbons (Fsp3) is 0.231. The number of aromatic nitrogens is 1. The summed E-state index contributed by atoms with van der Waals surface area (Å²) in [6.45, 7) is 0. The van der Waals surface area contributed by atoms with Crippen molar-refractivity contribution in [3.63, 3.8) is 0 Å². The Hall–Kier alpha value is -1.46. The maximum Gasteiger partial charge on any atom is 0.187 e. The highest BCUT2D eigenvalue weighted by Crippen LogP contribution is 2.32. The number of para-hydroxylation sites is 1. The number of aryl methyl sites for hydroxylation is 2. The predicted octanol–water partition coefficient (Wildman–Crippen LogP) is 3.01. The molecule has 3 rings (SSSR count). The van der Waals surface area contributed by atoms with Crippen molar-refractivity contribution in [3.05, 3.63) is 40.4 Å². The van der Waals surface area contributed by atoms with Gasteiger partial charge in [0.15, 0.2) is 5.13 Å². The second kappa shape index (κ2) is 4.66. The van der Waals surface area contributed by atoms with Gasteiger partial charge in [-0.3, -0.25) is 0 Å². The van der Waals surface area contributed by atoms with E-state index in [4.69, 9.17) is 18.0 Å². The van der Waals surface area contributed by atoms with Crippen LogP contribution in [0.2, 0.25) is 0 Å². The van der Waals surface area contributed by atoms with Crippen LogP contribution in [0.5, 0.6) is 0 Å². The zero-order valence-electron chi connectivity index (χ0n) is 9.77. The van der Waals surface area contributed by atoms with Gasteiger partial charge in [-0.25, -0.2) is 4.98 Å². The number of anilines is 2. The third-order valence-corrected chi connectivity index (χ3v) is 4.32. The highest BCUT2D eigenvalue weighted by molar-refractivity contribution is 7.80. The van der Waals surface area contributed by atoms with E-state index in [-0.39, 0.29) is 0 Å². The first-order valence-electron chi connectivity index (χ1n) is 5.88. The molecular weight excluding hydrogens is 262 g/mol. The van der Waals surface area contributed by atoms with Crippen LogP contribution < -0.4 is 11.1 Å². The predicted molar refractivity (Wildman–Crippen MR) is 79.8 cm³/mol. The topological polar surface area (TPSA) is 50.9 Å². The number of nitrogens with zero attached hydrogens (tertiary/aromatic N) is 1. The monoisotopic (exact) mass is 275 g/mol. The number of benzene rings is 1. The Labute approximate surface area is 115 Å². The molecule has 3 N–H and O–H groups in total. The first kappa shape index (κ1) is 11.6. The molecule has 0 saturated heterocycles. The minimum absolute atomic E-state index is 0.405. The van der Waals surface area contributed by atoms with Crippen molar-refractivity contribution in [3.8, 4) is 0 Å². The van der Waals surface area contributed by atoms with Gasteiger partial charge in [0.2, 0.25) is 0 Å². The molecule has 5 heteroatoms. The van der Waals surface area contributed by atoms with E-state index in [9.17, 15) is 0 Å². The summed E-state index contributed by atoms with van der Waals surface area (Å²) in [5.41, 5.74) is 8.75. The van der Waals surface area contributed by atoms with Gasteiger partial charge in [0.05, 0.1) is 11.4 Å². The molecule has 0 spiro atoms. The van der Waals surface area contributed by atoms with Crippen molar-refractivity contribution >= 4 is 39.4 Å². The maximum absolute atomic E-state index is 5.72. The van der Waals surface area contributed by atoms with Gasteiger partial charge in [0.25, 0.3) is 0 Å². The van der Waals surface area contributed by atoms with Crippen LogP contribution in [-0.2, 0) is 12.8 Å². The molecule has 1 aliphatic rings. The standard InChI is InChI=1S/C13H13N3S2/c14-12(17)8-4-1-2-5-9(8)15-13-16-10-6-3-7-11(10)18-13/h1-2,4-5H,3,6-7H2,(H2,14,17)(H,15,16). The van der Waals surface area contributed by atoms with Crippen molar-refractivity contribution in [1.82, 2.24) is 4.98 Å². The fourth-order valence-electron chi connectivity index (χ4n) is 2.17. The molecule has 0 unspecified atom stereocenters. The number of nitrogens with two attached hydrogens (primary N) is 1. The number of nitrogens with one attached hydrogen (secondary N) is 1. The Bertz CT molecular complexity index is 583. The first-order chi connectivity index (χ1) is 8.74. The molecule has 0 aliphatic heterocycles. The molecule has 1 heterocycles. The van der Waals surface area contributed by atoms with Crippen molar-refractivity contribution < 1.29 is 0 Å². The summed E-state index contributed by atoms with van der Waals surface area (Å²) in [7, 11) is 0. The molecule has 18 heavy (non-hydrogen) atoms. The lowest BCUT2D eigenvalue weighted by molar-refractivity contribution is 0.900. The summed E-state index contributed by atoms with van der Waals surface area (Å²) < 4.78 is 0. The second-order valence-corrected chi connectivity index (χ2v) is 5.80. The average molecular weight is 275 g/mol. The first-order valence-corrected chi connectivity index (χ1v) is 7.11. The lowest BCUT2D eigenvalue weighted by Gasteiger charge is -2.08. The van der Waals surface area contributed by atoms with E-state index in [0.717, 1.165) is 29.2 Å². The number of thiocarbonyl (C=S) groups is 1. The van der Waals surface area contributed by atoms with Crippen LogP contribution in [0.25, 0.3) is 0 Å². The molecule has 0 fully saturated rings. The number of hydrogen-bond donors (Lipinski definition) is 2. The molecule has 1 aromatic carbocycles. The van der Waals surface area contributed by atoms with Gasteiger partial charge in [-0.2, -0.15) is 0 Å². The van der Waals surface area contributed by atoms with E-state index >= 15 is 0 Å². The van der Waals surface area contributed by atoms with Crippen LogP contribution in [0.15, 0.2) is 24.3 Å². The van der Waals surface area contributed by atoms with Crippen LogP contribution >= 0.6 is 23.6 Å². The number of rotatable bonds is 3. The Kier molecular flexibility index (Phi) is 3.01. The minimum Gasteiger partial charge on any atom is -0.389 e. The molecule has 2 aromatic rings. The van der Waals surface area contributed by atoms with Crippen molar-refractivity contribution in [1.29, 1.82) is 0 Å². The Morgan fingerprint density at radius 2 is 2.17 bits per heavy atom. The number of thiazole rings is 1. The highest BCUT2D eigenvalue weighted by Gasteiger charge is 2.17. The van der Waals surface area contributed by atoms with E-state index in [1.54, 1.807) is 11.3 Å². The van der Waals surface area contributed by atoms with Gasteiger partial charge in [-0.1, -0.05) is 24.4 Å². The van der Waals surface area contributed by atoms with Crippen molar-refractivity contribution in [2.45, 2.75) is 19.3 Å². The second-order valence-electron chi connectivity index (χ2n) is 4.28. The molecule has 0 bridgehead atoms. The zero-order valence-corrected chi connectivity index (χ0v) is 11.4. The van der Waals surface area contributed by atoms with Gasteiger partial charge in [-0.15, -0.1) is 11.3 Å². The third-order valence-electron chi connectivity index (χ3n) is 3.03. The molecule has 0 amide bonds. The summed E-state index contributed by atoms with van der Waals surface area (Å²) in [4.78, 5) is 6.42. The molecule has 92 valence electrons. The Morgan fingerprint density at radius 1 is 1.33 bits per heavy atom. The summed E-state index contributed by atoms with van der Waals surface area (Å²) in [5, 5.41) is 4.26. The van der Waals surface area contributed by atoms with Crippen molar-refractivity contribution in [2.75, 3.05) is 5.32 Å². The molecule has 1 aliphatic carbocycles. The lowest BCUT2D eigenvalue weighted by atomic mass is 10.2. The average Bonchev–Trinajstić information content (AvgIpc) is 2.90. The SMILES string of the molecule is NC(=S)c1ccccc1Nc1nc2c(s1)CCC2. The van der Waals surface area contributed by atoms with Crippen LogP contribution in [0, 0.1) is 0 Å². The summed E-state index contributed by atoms with van der Waals surface area (Å²) >= 11 is 6.78. The highest BCUT2D eigenvalue weighted by atomic mass is 32.1. The maximum atomic E-state index is 5.72. The van der Waals surface area contributed by atoms with E-state index in [1.165, 1.54) is 17.0 Å². The normalized spacial score (nSPS) is 13.3. The quantitative estimate of drug-likeness (QED) is 0.846. The van der Waals surface area contributed by atoms with Crippen molar-refractivity contribution in [2.24, 2.45) is 5.73 Å². The van der Waals surface area contributed by atoms with Gasteiger partial charge in [-0.05, 0) is 31.4 Å². The molecule has 0 atom stereocenters.